The van der Waals surface area contributed by atoms with Gasteiger partial charge in [-0.05, 0) is 45.9 Å². The highest BCUT2D eigenvalue weighted by molar-refractivity contribution is 14.1. The van der Waals surface area contributed by atoms with E-state index in [2.05, 4.69) is 56.0 Å². The summed E-state index contributed by atoms with van der Waals surface area (Å²) in [6, 6.07) is 4.24. The number of rotatable bonds is 2. The number of hydrogen-bond acceptors (Lipinski definition) is 2. The Balaban J connectivity index is 2.71. The van der Waals surface area contributed by atoms with E-state index in [1.54, 1.807) is 11.3 Å². The maximum atomic E-state index is 9.20. The van der Waals surface area contributed by atoms with Crippen molar-refractivity contribution in [2.45, 2.75) is 11.9 Å². The molecule has 1 aromatic heterocycles. The standard InChI is InChI=1S/C10H8BrIOS/c11-3-6-1-8-9(12)5-14-10(8)2-7(6)4-13/h1-2,5,13H,3-4H2. The van der Waals surface area contributed by atoms with Crippen LogP contribution in [0.1, 0.15) is 11.1 Å². The van der Waals surface area contributed by atoms with Crippen LogP contribution in [0, 0.1) is 3.57 Å². The molecule has 1 N–H and O–H groups in total. The van der Waals surface area contributed by atoms with E-state index < -0.39 is 0 Å². The summed E-state index contributed by atoms with van der Waals surface area (Å²) < 4.78 is 2.54. The topological polar surface area (TPSA) is 20.2 Å². The number of aliphatic hydroxyl groups is 1. The third-order valence-corrected chi connectivity index (χ3v) is 5.03. The molecule has 14 heavy (non-hydrogen) atoms. The Morgan fingerprint density at radius 2 is 2.14 bits per heavy atom. The minimum atomic E-state index is 0.116. The zero-order chi connectivity index (χ0) is 10.1. The van der Waals surface area contributed by atoms with Crippen LogP contribution in [0.5, 0.6) is 0 Å². The van der Waals surface area contributed by atoms with Crippen molar-refractivity contribution in [1.82, 2.24) is 0 Å². The average Bonchev–Trinajstić information content (AvgIpc) is 2.58. The zero-order valence-corrected chi connectivity index (χ0v) is 11.8. The predicted molar refractivity (Wildman–Crippen MR) is 73.1 cm³/mol. The molecule has 0 spiro atoms. The second-order valence-corrected chi connectivity index (χ2v) is 5.63. The Kier molecular flexibility index (Phi) is 3.46. The molecule has 2 aromatic rings. The fraction of sp³-hybridized carbons (Fsp3) is 0.200. The van der Waals surface area contributed by atoms with Gasteiger partial charge in [0.25, 0.3) is 0 Å². The van der Waals surface area contributed by atoms with Crippen molar-refractivity contribution in [2.75, 3.05) is 0 Å². The van der Waals surface area contributed by atoms with Crippen LogP contribution < -0.4 is 0 Å². The van der Waals surface area contributed by atoms with Crippen LogP contribution in [-0.4, -0.2) is 5.11 Å². The summed E-state index contributed by atoms with van der Waals surface area (Å²) in [6.45, 7) is 0.116. The molecule has 0 aliphatic carbocycles. The smallest absolute Gasteiger partial charge is 0.0685 e. The van der Waals surface area contributed by atoms with E-state index in [-0.39, 0.29) is 6.61 Å². The van der Waals surface area contributed by atoms with E-state index >= 15 is 0 Å². The second-order valence-electron chi connectivity index (χ2n) is 2.99. The van der Waals surface area contributed by atoms with Crippen molar-refractivity contribution < 1.29 is 5.11 Å². The lowest BCUT2D eigenvalue weighted by atomic mass is 10.1. The van der Waals surface area contributed by atoms with Crippen molar-refractivity contribution in [1.29, 1.82) is 0 Å². The number of halogens is 2. The van der Waals surface area contributed by atoms with Crippen LogP contribution in [0.15, 0.2) is 17.5 Å². The maximum Gasteiger partial charge on any atom is 0.0685 e. The van der Waals surface area contributed by atoms with Gasteiger partial charge in [0.2, 0.25) is 0 Å². The first kappa shape index (κ1) is 10.9. The van der Waals surface area contributed by atoms with Crippen LogP contribution in [0.25, 0.3) is 10.1 Å². The highest BCUT2D eigenvalue weighted by Gasteiger charge is 2.06. The highest BCUT2D eigenvalue weighted by atomic mass is 127. The molecular formula is C10H8BrIOS. The molecule has 1 aromatic carbocycles. The Bertz CT molecular complexity index is 466. The van der Waals surface area contributed by atoms with Gasteiger partial charge in [-0.15, -0.1) is 11.3 Å². The molecule has 2 rings (SSSR count). The molecular weight excluding hydrogens is 375 g/mol. The van der Waals surface area contributed by atoms with Gasteiger partial charge in [-0.1, -0.05) is 15.9 Å². The van der Waals surface area contributed by atoms with E-state index in [9.17, 15) is 5.11 Å². The number of hydrogen-bond donors (Lipinski definition) is 1. The molecule has 0 radical (unpaired) electrons. The van der Waals surface area contributed by atoms with Crippen LogP contribution in [-0.2, 0) is 11.9 Å². The molecule has 0 amide bonds. The lowest BCUT2D eigenvalue weighted by molar-refractivity contribution is 0.281. The van der Waals surface area contributed by atoms with Gasteiger partial charge in [0.1, 0.15) is 0 Å². The van der Waals surface area contributed by atoms with Gasteiger partial charge in [-0.25, -0.2) is 0 Å². The molecule has 0 unspecified atom stereocenters. The number of aliphatic hydroxyl groups excluding tert-OH is 1. The summed E-state index contributed by atoms with van der Waals surface area (Å²) in [5.74, 6) is 0. The molecule has 0 bridgehead atoms. The quantitative estimate of drug-likeness (QED) is 0.617. The molecule has 0 fully saturated rings. The SMILES string of the molecule is OCc1cc2scc(I)c2cc1CBr. The van der Waals surface area contributed by atoms with Gasteiger partial charge in [0, 0.05) is 24.4 Å². The summed E-state index contributed by atoms with van der Waals surface area (Å²) in [4.78, 5) is 0. The molecule has 0 aliphatic heterocycles. The van der Waals surface area contributed by atoms with Crippen LogP contribution in [0.2, 0.25) is 0 Å². The predicted octanol–water partition coefficient (Wildman–Crippen LogP) is 3.89. The van der Waals surface area contributed by atoms with Gasteiger partial charge in [-0.3, -0.25) is 0 Å². The molecule has 0 aliphatic rings. The van der Waals surface area contributed by atoms with Crippen molar-refractivity contribution >= 4 is 59.9 Å². The first-order valence-electron chi connectivity index (χ1n) is 4.11. The van der Waals surface area contributed by atoms with Gasteiger partial charge >= 0.3 is 0 Å². The largest absolute Gasteiger partial charge is 0.392 e. The number of benzene rings is 1. The Hall–Kier alpha value is 0.350. The summed E-state index contributed by atoms with van der Waals surface area (Å²) in [5.41, 5.74) is 2.20. The lowest BCUT2D eigenvalue weighted by Crippen LogP contribution is -1.90. The van der Waals surface area contributed by atoms with Crippen molar-refractivity contribution in [3.63, 3.8) is 0 Å². The summed E-state index contributed by atoms with van der Waals surface area (Å²) in [6.07, 6.45) is 0. The Morgan fingerprint density at radius 1 is 1.36 bits per heavy atom. The molecule has 4 heteroatoms. The van der Waals surface area contributed by atoms with Crippen molar-refractivity contribution in [3.05, 3.63) is 32.2 Å². The summed E-state index contributed by atoms with van der Waals surface area (Å²) >= 11 is 7.51. The lowest BCUT2D eigenvalue weighted by Gasteiger charge is -2.04. The van der Waals surface area contributed by atoms with Crippen LogP contribution in [0.4, 0.5) is 0 Å². The molecule has 1 nitrogen and oxygen atoms in total. The highest BCUT2D eigenvalue weighted by Crippen LogP contribution is 2.30. The Labute approximate surface area is 108 Å². The number of alkyl halides is 1. The second kappa shape index (κ2) is 4.47. The van der Waals surface area contributed by atoms with Gasteiger partial charge in [0.05, 0.1) is 6.61 Å². The molecule has 0 saturated carbocycles. The molecule has 1 heterocycles. The van der Waals surface area contributed by atoms with Gasteiger partial charge < -0.3 is 5.11 Å². The Morgan fingerprint density at radius 3 is 2.79 bits per heavy atom. The van der Waals surface area contributed by atoms with E-state index in [4.69, 9.17) is 0 Å². The van der Waals surface area contributed by atoms with E-state index in [1.807, 2.05) is 0 Å². The first-order chi connectivity index (χ1) is 6.76. The van der Waals surface area contributed by atoms with Crippen molar-refractivity contribution in [3.8, 4) is 0 Å². The number of fused-ring (bicyclic) bond motifs is 1. The third-order valence-electron chi connectivity index (χ3n) is 2.16. The fourth-order valence-electron chi connectivity index (χ4n) is 1.40. The molecule has 0 saturated heterocycles. The normalized spacial score (nSPS) is 11.1. The van der Waals surface area contributed by atoms with Crippen molar-refractivity contribution in [2.24, 2.45) is 0 Å². The third kappa shape index (κ3) is 1.85. The average molecular weight is 383 g/mol. The minimum Gasteiger partial charge on any atom is -0.392 e. The van der Waals surface area contributed by atoms with E-state index in [1.165, 1.54) is 19.2 Å². The van der Waals surface area contributed by atoms with Crippen LogP contribution >= 0.6 is 49.9 Å². The fourth-order valence-corrected chi connectivity index (χ4v) is 3.80. The molecule has 0 atom stereocenters. The number of thiophene rings is 1. The van der Waals surface area contributed by atoms with Crippen LogP contribution in [0.3, 0.4) is 0 Å². The van der Waals surface area contributed by atoms with E-state index in [0.717, 1.165) is 10.9 Å². The summed E-state index contributed by atoms with van der Waals surface area (Å²) in [7, 11) is 0. The monoisotopic (exact) mass is 382 g/mol. The molecule has 74 valence electrons. The zero-order valence-electron chi connectivity index (χ0n) is 7.26. The van der Waals surface area contributed by atoms with Gasteiger partial charge in [-0.2, -0.15) is 0 Å². The minimum absolute atomic E-state index is 0.116. The summed E-state index contributed by atoms with van der Waals surface area (Å²) in [5, 5.41) is 13.4. The van der Waals surface area contributed by atoms with E-state index in [0.29, 0.717) is 0 Å². The maximum absolute atomic E-state index is 9.20. The van der Waals surface area contributed by atoms with Gasteiger partial charge in [0.15, 0.2) is 0 Å². The first-order valence-corrected chi connectivity index (χ1v) is 7.19.